The van der Waals surface area contributed by atoms with Crippen molar-refractivity contribution in [1.82, 2.24) is 4.98 Å². The molecule has 0 saturated carbocycles. The second kappa shape index (κ2) is 13.6. The number of carbonyl (C=O) groups is 2. The summed E-state index contributed by atoms with van der Waals surface area (Å²) in [5.74, 6) is -1.62. The fraction of sp³-hybridized carbons (Fsp3) is 0.581. The van der Waals surface area contributed by atoms with Crippen LogP contribution in [0.1, 0.15) is 90.3 Å². The van der Waals surface area contributed by atoms with Crippen molar-refractivity contribution in [2.24, 2.45) is 17.3 Å². The normalized spacial score (nSPS) is 29.1. The van der Waals surface area contributed by atoms with Crippen LogP contribution in [0, 0.1) is 24.2 Å². The maximum absolute atomic E-state index is 13.6. The molecule has 0 radical (unpaired) electrons. The average molecular weight is 544 g/mol. The molecule has 0 spiro atoms. The molecule has 0 saturated heterocycles. The number of ketones is 1. The van der Waals surface area contributed by atoms with Crippen LogP contribution in [0.5, 0.6) is 0 Å². The molecule has 2 aromatic rings. The second-order valence-electron chi connectivity index (χ2n) is 11.0. The SMILES string of the molecule is C.C=CC[C@H]1C(=O)C(C)(C)[C@@H](O)CC(=O)OC(c2ccc3sc(C)nc3c2)C/C=C(/C)CCC[C@H](C)C1O. The van der Waals surface area contributed by atoms with Gasteiger partial charge >= 0.3 is 5.97 Å². The van der Waals surface area contributed by atoms with E-state index in [0.717, 1.165) is 40.1 Å². The first-order chi connectivity index (χ1) is 17.4. The van der Waals surface area contributed by atoms with E-state index in [-0.39, 0.29) is 25.5 Å². The van der Waals surface area contributed by atoms with Gasteiger partial charge in [-0.1, -0.05) is 52.0 Å². The van der Waals surface area contributed by atoms with Crippen LogP contribution in [-0.2, 0) is 14.3 Å². The number of Topliss-reactive ketones (excluding diaryl/α,β-unsaturated/α-hetero) is 1. The number of hydrogen-bond donors (Lipinski definition) is 2. The van der Waals surface area contributed by atoms with Gasteiger partial charge in [0.2, 0.25) is 0 Å². The molecule has 2 unspecified atom stereocenters. The molecule has 3 rings (SSSR count). The number of hydrogen-bond acceptors (Lipinski definition) is 7. The number of allylic oxidation sites excluding steroid dienone is 2. The minimum atomic E-state index is -1.25. The van der Waals surface area contributed by atoms with Crippen LogP contribution in [0.4, 0.5) is 0 Å². The Labute approximate surface area is 231 Å². The Morgan fingerprint density at radius 2 is 1.95 bits per heavy atom. The van der Waals surface area contributed by atoms with Gasteiger partial charge in [-0.05, 0) is 63.1 Å². The Kier molecular flexibility index (Phi) is 11.4. The molecular weight excluding hydrogens is 498 g/mol. The second-order valence-corrected chi connectivity index (χ2v) is 12.3. The molecule has 6 nitrogen and oxygen atoms in total. The summed E-state index contributed by atoms with van der Waals surface area (Å²) in [5.41, 5.74) is 1.66. The molecule has 38 heavy (non-hydrogen) atoms. The van der Waals surface area contributed by atoms with E-state index >= 15 is 0 Å². The maximum Gasteiger partial charge on any atom is 0.309 e. The first-order valence-electron chi connectivity index (χ1n) is 13.2. The molecule has 2 N–H and O–H groups in total. The number of aryl methyl sites for hydroxylation is 1. The number of benzene rings is 1. The van der Waals surface area contributed by atoms with Gasteiger partial charge in [-0.3, -0.25) is 9.59 Å². The molecule has 0 aliphatic carbocycles. The van der Waals surface area contributed by atoms with Crippen LogP contribution >= 0.6 is 11.3 Å². The highest BCUT2D eigenvalue weighted by Crippen LogP contribution is 2.35. The molecule has 2 heterocycles. The van der Waals surface area contributed by atoms with Crippen LogP contribution < -0.4 is 0 Å². The number of fused-ring (bicyclic) bond motifs is 1. The van der Waals surface area contributed by atoms with Gasteiger partial charge in [0, 0.05) is 12.3 Å². The van der Waals surface area contributed by atoms with Crippen molar-refractivity contribution >= 4 is 33.3 Å². The Bertz CT molecular complexity index is 1150. The fourth-order valence-corrected chi connectivity index (χ4v) is 5.84. The van der Waals surface area contributed by atoms with Gasteiger partial charge in [0.15, 0.2) is 0 Å². The first-order valence-corrected chi connectivity index (χ1v) is 14.0. The van der Waals surface area contributed by atoms with Gasteiger partial charge < -0.3 is 14.9 Å². The predicted molar refractivity (Wildman–Crippen MR) is 155 cm³/mol. The van der Waals surface area contributed by atoms with Crippen LogP contribution in [0.3, 0.4) is 0 Å². The maximum atomic E-state index is 13.6. The number of cyclic esters (lactones) is 1. The summed E-state index contributed by atoms with van der Waals surface area (Å²) in [6, 6.07) is 5.93. The topological polar surface area (TPSA) is 96.7 Å². The van der Waals surface area contributed by atoms with Gasteiger partial charge in [0.25, 0.3) is 0 Å². The largest absolute Gasteiger partial charge is 0.457 e. The number of rotatable bonds is 3. The van der Waals surface area contributed by atoms with Crippen LogP contribution in [-0.4, -0.2) is 39.2 Å². The minimum Gasteiger partial charge on any atom is -0.457 e. The number of carbonyl (C=O) groups excluding carboxylic acids is 2. The number of aromatic nitrogens is 1. The van der Waals surface area contributed by atoms with Crippen molar-refractivity contribution in [3.63, 3.8) is 0 Å². The Hall–Kier alpha value is -2.35. The van der Waals surface area contributed by atoms with Gasteiger partial charge in [0.1, 0.15) is 11.9 Å². The standard InChI is InChI=1S/C30H41NO5S.CH4/c1-7-9-22-28(34)19(3)11-8-10-18(2)12-14-24(21-13-15-25-23(16-21)31-20(4)37-25)36-27(33)17-26(32)30(5,6)29(22)35;/h7,12-13,15-16,19,22,24,26,28,32,34H,1,8-11,14,17H2,2-6H3;1H4/b18-12-;/t19-,22+,24?,26-,28?;/m0./s1. The number of esters is 1. The van der Waals surface area contributed by atoms with Crippen molar-refractivity contribution in [1.29, 1.82) is 0 Å². The molecule has 7 heteroatoms. The Balaban J connectivity index is 0.00000507. The quantitative estimate of drug-likeness (QED) is 0.323. The zero-order chi connectivity index (χ0) is 27.3. The molecule has 1 aromatic carbocycles. The summed E-state index contributed by atoms with van der Waals surface area (Å²) < 4.78 is 6.99. The third-order valence-electron chi connectivity index (χ3n) is 7.66. The summed E-state index contributed by atoms with van der Waals surface area (Å²) in [5, 5.41) is 23.1. The molecule has 0 fully saturated rings. The average Bonchev–Trinajstić information content (AvgIpc) is 3.22. The van der Waals surface area contributed by atoms with E-state index < -0.39 is 35.6 Å². The van der Waals surface area contributed by atoms with Gasteiger partial charge in [-0.25, -0.2) is 4.98 Å². The zero-order valence-corrected chi connectivity index (χ0v) is 23.5. The molecule has 1 aliphatic heterocycles. The molecule has 210 valence electrons. The lowest BCUT2D eigenvalue weighted by molar-refractivity contribution is -0.156. The minimum absolute atomic E-state index is 0. The van der Waals surface area contributed by atoms with Crippen LogP contribution in [0.2, 0.25) is 0 Å². The fourth-order valence-electron chi connectivity index (χ4n) is 5.04. The third kappa shape index (κ3) is 7.61. The molecule has 1 aromatic heterocycles. The summed E-state index contributed by atoms with van der Waals surface area (Å²) in [6.45, 7) is 13.0. The highest BCUT2D eigenvalue weighted by molar-refractivity contribution is 7.18. The summed E-state index contributed by atoms with van der Waals surface area (Å²) in [7, 11) is 0. The van der Waals surface area contributed by atoms with Gasteiger partial charge in [-0.15, -0.1) is 17.9 Å². The number of aliphatic hydroxyl groups is 2. The molecule has 5 atom stereocenters. The Morgan fingerprint density at radius 3 is 2.63 bits per heavy atom. The van der Waals surface area contributed by atoms with Gasteiger partial charge in [-0.2, -0.15) is 0 Å². The molecular formula is C31H45NO5S. The number of ether oxygens (including phenoxy) is 1. The predicted octanol–water partition coefficient (Wildman–Crippen LogP) is 6.88. The highest BCUT2D eigenvalue weighted by atomic mass is 32.1. The van der Waals surface area contributed by atoms with Crippen molar-refractivity contribution in [3.05, 3.63) is 53.1 Å². The van der Waals surface area contributed by atoms with Gasteiger partial charge in [0.05, 0.1) is 39.3 Å². The van der Waals surface area contributed by atoms with Crippen molar-refractivity contribution in [2.45, 2.75) is 98.9 Å². The number of nitrogens with zero attached hydrogens (tertiary/aromatic N) is 1. The van der Waals surface area contributed by atoms with E-state index in [2.05, 4.69) is 24.6 Å². The van der Waals surface area contributed by atoms with E-state index in [0.29, 0.717) is 12.8 Å². The van der Waals surface area contributed by atoms with E-state index in [1.165, 1.54) is 5.57 Å². The monoisotopic (exact) mass is 543 g/mol. The third-order valence-corrected chi connectivity index (χ3v) is 8.61. The van der Waals surface area contributed by atoms with Crippen molar-refractivity contribution < 1.29 is 24.5 Å². The van der Waals surface area contributed by atoms with E-state index in [9.17, 15) is 19.8 Å². The number of aliphatic hydroxyl groups excluding tert-OH is 2. The van der Waals surface area contributed by atoms with Crippen LogP contribution in [0.25, 0.3) is 10.2 Å². The van der Waals surface area contributed by atoms with E-state index in [1.807, 2.05) is 32.0 Å². The summed E-state index contributed by atoms with van der Waals surface area (Å²) in [6.07, 6.45) is 4.10. The summed E-state index contributed by atoms with van der Waals surface area (Å²) >= 11 is 1.62. The zero-order valence-electron chi connectivity index (χ0n) is 22.7. The van der Waals surface area contributed by atoms with Crippen LogP contribution in [0.15, 0.2) is 42.5 Å². The molecule has 0 amide bonds. The van der Waals surface area contributed by atoms with E-state index in [4.69, 9.17) is 4.74 Å². The molecule has 1 aliphatic rings. The smallest absolute Gasteiger partial charge is 0.309 e. The summed E-state index contributed by atoms with van der Waals surface area (Å²) in [4.78, 5) is 31.2. The lowest BCUT2D eigenvalue weighted by Gasteiger charge is -2.35. The lowest BCUT2D eigenvalue weighted by Crippen LogP contribution is -2.46. The molecule has 0 bridgehead atoms. The lowest BCUT2D eigenvalue weighted by atomic mass is 9.71. The van der Waals surface area contributed by atoms with Crippen molar-refractivity contribution in [2.75, 3.05) is 0 Å². The van der Waals surface area contributed by atoms with E-state index in [1.54, 1.807) is 31.3 Å². The highest BCUT2D eigenvalue weighted by Gasteiger charge is 2.43. The number of thiazole rings is 1. The first kappa shape index (κ1) is 31.9. The Morgan fingerprint density at radius 1 is 1.24 bits per heavy atom. The van der Waals surface area contributed by atoms with Crippen molar-refractivity contribution in [3.8, 4) is 0 Å².